The quantitative estimate of drug-likeness (QED) is 0.868. The Morgan fingerprint density at radius 1 is 1.42 bits per heavy atom. The fraction of sp³-hybridized carbons (Fsp3) is 0.400. The van der Waals surface area contributed by atoms with Gasteiger partial charge in [-0.25, -0.2) is 0 Å². The molecule has 0 radical (unpaired) electrons. The molecular formula is C15H19NO3. The number of hydrogen-bond acceptors (Lipinski definition) is 3. The fourth-order valence-electron chi connectivity index (χ4n) is 2.11. The highest BCUT2D eigenvalue weighted by molar-refractivity contribution is 5.77. The van der Waals surface area contributed by atoms with E-state index >= 15 is 0 Å². The van der Waals surface area contributed by atoms with E-state index in [2.05, 4.69) is 6.92 Å². The summed E-state index contributed by atoms with van der Waals surface area (Å²) >= 11 is 0. The third-order valence-electron chi connectivity index (χ3n) is 3.39. The first-order chi connectivity index (χ1) is 9.10. The molecule has 1 heterocycles. The third kappa shape index (κ3) is 3.35. The number of furan rings is 1. The van der Waals surface area contributed by atoms with Crippen molar-refractivity contribution in [1.82, 2.24) is 4.90 Å². The van der Waals surface area contributed by atoms with Crippen molar-refractivity contribution in [2.45, 2.75) is 32.9 Å². The van der Waals surface area contributed by atoms with E-state index in [9.17, 15) is 4.79 Å². The van der Waals surface area contributed by atoms with E-state index in [1.54, 1.807) is 0 Å². The van der Waals surface area contributed by atoms with Crippen LogP contribution in [0.1, 0.15) is 26.0 Å². The molecular weight excluding hydrogens is 242 g/mol. The number of nitrogens with zero attached hydrogens (tertiary/aromatic N) is 1. The van der Waals surface area contributed by atoms with Gasteiger partial charge in [0.05, 0.1) is 13.1 Å². The fourth-order valence-corrected chi connectivity index (χ4v) is 2.11. The van der Waals surface area contributed by atoms with Crippen LogP contribution in [-0.2, 0) is 11.3 Å². The first-order valence-electron chi connectivity index (χ1n) is 6.53. The van der Waals surface area contributed by atoms with E-state index in [0.29, 0.717) is 6.54 Å². The number of para-hydroxylation sites is 1. The molecule has 4 heteroatoms. The largest absolute Gasteiger partial charge is 0.480 e. The predicted octanol–water partition coefficient (Wildman–Crippen LogP) is 3.12. The van der Waals surface area contributed by atoms with Crippen LogP contribution in [0.15, 0.2) is 34.7 Å². The van der Waals surface area contributed by atoms with Gasteiger partial charge < -0.3 is 9.52 Å². The van der Waals surface area contributed by atoms with Crippen molar-refractivity contribution in [2.75, 3.05) is 6.54 Å². The molecule has 0 saturated carbocycles. The predicted molar refractivity (Wildman–Crippen MR) is 74.0 cm³/mol. The first kappa shape index (κ1) is 13.6. The van der Waals surface area contributed by atoms with Crippen molar-refractivity contribution in [1.29, 1.82) is 0 Å². The zero-order chi connectivity index (χ0) is 13.8. The lowest BCUT2D eigenvalue weighted by atomic mass is 10.2. The monoisotopic (exact) mass is 261 g/mol. The number of hydrogen-bond donors (Lipinski definition) is 1. The van der Waals surface area contributed by atoms with Gasteiger partial charge in [0, 0.05) is 11.4 Å². The van der Waals surface area contributed by atoms with Crippen LogP contribution in [0.4, 0.5) is 0 Å². The number of rotatable bonds is 6. The van der Waals surface area contributed by atoms with Crippen molar-refractivity contribution >= 4 is 16.9 Å². The molecule has 0 amide bonds. The maximum Gasteiger partial charge on any atom is 0.317 e. The number of aliphatic carboxylic acids is 1. The molecule has 1 aromatic heterocycles. The average molecular weight is 261 g/mol. The number of carbonyl (C=O) groups is 1. The minimum atomic E-state index is -0.809. The zero-order valence-corrected chi connectivity index (χ0v) is 11.3. The summed E-state index contributed by atoms with van der Waals surface area (Å²) in [6.07, 6.45) is 0.910. The lowest BCUT2D eigenvalue weighted by Gasteiger charge is -2.25. The van der Waals surface area contributed by atoms with Gasteiger partial charge in [0.1, 0.15) is 11.3 Å². The SMILES string of the molecule is CCC(C)N(CC(=O)O)Cc1cc2ccccc2o1. The highest BCUT2D eigenvalue weighted by atomic mass is 16.4. The topological polar surface area (TPSA) is 53.7 Å². The number of carboxylic acids is 1. The van der Waals surface area contributed by atoms with Crippen LogP contribution in [0.3, 0.4) is 0 Å². The summed E-state index contributed by atoms with van der Waals surface area (Å²) < 4.78 is 5.74. The number of carboxylic acid groups (broad SMARTS) is 1. The van der Waals surface area contributed by atoms with E-state index in [1.807, 2.05) is 42.2 Å². The molecule has 0 aliphatic heterocycles. The zero-order valence-electron chi connectivity index (χ0n) is 11.3. The summed E-state index contributed by atoms with van der Waals surface area (Å²) in [6, 6.07) is 10.00. The molecule has 102 valence electrons. The Balaban J connectivity index is 2.17. The summed E-state index contributed by atoms with van der Waals surface area (Å²) in [6.45, 7) is 4.64. The second-order valence-electron chi connectivity index (χ2n) is 4.81. The maximum absolute atomic E-state index is 10.9. The molecule has 4 nitrogen and oxygen atoms in total. The Morgan fingerprint density at radius 2 is 2.16 bits per heavy atom. The Labute approximate surface area is 112 Å². The van der Waals surface area contributed by atoms with Gasteiger partial charge in [-0.1, -0.05) is 25.1 Å². The van der Waals surface area contributed by atoms with Gasteiger partial charge in [0.25, 0.3) is 0 Å². The molecule has 0 bridgehead atoms. The van der Waals surface area contributed by atoms with E-state index in [0.717, 1.165) is 23.2 Å². The van der Waals surface area contributed by atoms with E-state index in [4.69, 9.17) is 9.52 Å². The molecule has 1 N–H and O–H groups in total. The second kappa shape index (κ2) is 5.89. The van der Waals surface area contributed by atoms with E-state index in [-0.39, 0.29) is 12.6 Å². The second-order valence-corrected chi connectivity index (χ2v) is 4.81. The molecule has 19 heavy (non-hydrogen) atoms. The Morgan fingerprint density at radius 3 is 2.79 bits per heavy atom. The third-order valence-corrected chi connectivity index (χ3v) is 3.39. The summed E-state index contributed by atoms with van der Waals surface area (Å²) in [5, 5.41) is 10.0. The Kier molecular flexibility index (Phi) is 4.22. The number of fused-ring (bicyclic) bond motifs is 1. The van der Waals surface area contributed by atoms with Gasteiger partial charge in [0.2, 0.25) is 0 Å². The molecule has 0 spiro atoms. The standard InChI is InChI=1S/C15H19NO3/c1-3-11(2)16(10-15(17)18)9-13-8-12-6-4-5-7-14(12)19-13/h4-8,11H,3,9-10H2,1-2H3,(H,17,18). The molecule has 2 rings (SSSR count). The van der Waals surface area contributed by atoms with Crippen molar-refractivity contribution in [2.24, 2.45) is 0 Å². The number of benzene rings is 1. The Bertz CT molecular complexity index is 528. The van der Waals surface area contributed by atoms with Crippen LogP contribution in [-0.4, -0.2) is 28.6 Å². The lowest BCUT2D eigenvalue weighted by molar-refractivity contribution is -0.139. The minimum absolute atomic E-state index is 0.0338. The molecule has 0 aliphatic rings. The van der Waals surface area contributed by atoms with Crippen molar-refractivity contribution in [3.05, 3.63) is 36.1 Å². The van der Waals surface area contributed by atoms with E-state index < -0.39 is 5.97 Å². The van der Waals surface area contributed by atoms with Crippen molar-refractivity contribution < 1.29 is 14.3 Å². The molecule has 1 aromatic carbocycles. The molecule has 1 atom stereocenters. The van der Waals surface area contributed by atoms with Gasteiger partial charge in [0.15, 0.2) is 0 Å². The summed E-state index contributed by atoms with van der Waals surface area (Å²) in [5.41, 5.74) is 0.844. The van der Waals surface area contributed by atoms with Crippen molar-refractivity contribution in [3.8, 4) is 0 Å². The van der Waals surface area contributed by atoms with Crippen LogP contribution >= 0.6 is 0 Å². The smallest absolute Gasteiger partial charge is 0.317 e. The van der Waals surface area contributed by atoms with Crippen LogP contribution in [0.25, 0.3) is 11.0 Å². The minimum Gasteiger partial charge on any atom is -0.480 e. The van der Waals surface area contributed by atoms with Gasteiger partial charge in [-0.3, -0.25) is 9.69 Å². The molecule has 0 fully saturated rings. The van der Waals surface area contributed by atoms with Crippen LogP contribution in [0.2, 0.25) is 0 Å². The summed E-state index contributed by atoms with van der Waals surface area (Å²) in [5.74, 6) is -0.000777. The molecule has 0 saturated heterocycles. The van der Waals surface area contributed by atoms with Crippen LogP contribution in [0.5, 0.6) is 0 Å². The van der Waals surface area contributed by atoms with Gasteiger partial charge >= 0.3 is 5.97 Å². The highest BCUT2D eigenvalue weighted by Crippen LogP contribution is 2.21. The van der Waals surface area contributed by atoms with Gasteiger partial charge in [-0.15, -0.1) is 0 Å². The molecule has 0 aliphatic carbocycles. The normalized spacial score (nSPS) is 13.0. The van der Waals surface area contributed by atoms with Gasteiger partial charge in [-0.05, 0) is 25.5 Å². The molecule has 1 unspecified atom stereocenters. The van der Waals surface area contributed by atoms with Gasteiger partial charge in [-0.2, -0.15) is 0 Å². The van der Waals surface area contributed by atoms with E-state index in [1.165, 1.54) is 0 Å². The average Bonchev–Trinajstić information content (AvgIpc) is 2.78. The lowest BCUT2D eigenvalue weighted by Crippen LogP contribution is -2.36. The summed E-state index contributed by atoms with van der Waals surface area (Å²) in [4.78, 5) is 12.8. The van der Waals surface area contributed by atoms with Crippen LogP contribution in [0, 0.1) is 0 Å². The Hall–Kier alpha value is -1.81. The molecule has 2 aromatic rings. The van der Waals surface area contributed by atoms with Crippen LogP contribution < -0.4 is 0 Å². The first-order valence-corrected chi connectivity index (χ1v) is 6.53. The summed E-state index contributed by atoms with van der Waals surface area (Å²) in [7, 11) is 0. The van der Waals surface area contributed by atoms with Crippen molar-refractivity contribution in [3.63, 3.8) is 0 Å². The highest BCUT2D eigenvalue weighted by Gasteiger charge is 2.17. The maximum atomic E-state index is 10.9.